The van der Waals surface area contributed by atoms with Crippen molar-refractivity contribution in [3.05, 3.63) is 118 Å². The molecule has 5 rings (SSSR count). The standard InChI is InChI=1S/C29H24ClN5O3/c1-18-4-2-6-26(32-18)34-27(36)21-9-7-19(8-10-21)17-35-25(14-20-5-3-13-31-16-20)28(37)33-24-15-22(30)11-12-23(24)29(35)38/h2-13,15-16,25H,14,17H2,1H3,(H,33,37)(H,32,34,36). The molecule has 2 N–H and O–H groups in total. The molecule has 0 spiro atoms. The molecule has 0 saturated carbocycles. The van der Waals surface area contributed by atoms with E-state index in [0.29, 0.717) is 27.7 Å². The highest BCUT2D eigenvalue weighted by molar-refractivity contribution is 6.31. The molecule has 4 aromatic rings. The Balaban J connectivity index is 1.41. The lowest BCUT2D eigenvalue weighted by molar-refractivity contribution is -0.120. The molecule has 1 aliphatic rings. The third kappa shape index (κ3) is 5.55. The number of nitrogens with one attached hydrogen (secondary N) is 2. The number of benzene rings is 2. The zero-order valence-corrected chi connectivity index (χ0v) is 21.3. The molecule has 0 radical (unpaired) electrons. The summed E-state index contributed by atoms with van der Waals surface area (Å²) in [6, 6.07) is 20.0. The van der Waals surface area contributed by atoms with Crippen molar-refractivity contribution in [2.24, 2.45) is 0 Å². The van der Waals surface area contributed by atoms with Gasteiger partial charge in [0.05, 0.1) is 11.3 Å². The van der Waals surface area contributed by atoms with Gasteiger partial charge in [-0.05, 0) is 66.6 Å². The number of nitrogens with zero attached hydrogens (tertiary/aromatic N) is 3. The second-order valence-electron chi connectivity index (χ2n) is 9.01. The van der Waals surface area contributed by atoms with Gasteiger partial charge in [-0.3, -0.25) is 19.4 Å². The highest BCUT2D eigenvalue weighted by Gasteiger charge is 2.35. The number of hydrogen-bond acceptors (Lipinski definition) is 5. The van der Waals surface area contributed by atoms with Gasteiger partial charge < -0.3 is 15.5 Å². The van der Waals surface area contributed by atoms with E-state index in [1.807, 2.05) is 25.1 Å². The van der Waals surface area contributed by atoms with E-state index < -0.39 is 6.04 Å². The Morgan fingerprint density at radius 3 is 2.58 bits per heavy atom. The van der Waals surface area contributed by atoms with Gasteiger partial charge in [0.25, 0.3) is 11.8 Å². The summed E-state index contributed by atoms with van der Waals surface area (Å²) in [5.74, 6) is -0.432. The first-order valence-corrected chi connectivity index (χ1v) is 12.4. The van der Waals surface area contributed by atoms with E-state index in [9.17, 15) is 14.4 Å². The topological polar surface area (TPSA) is 104 Å². The Morgan fingerprint density at radius 2 is 1.84 bits per heavy atom. The molecule has 0 saturated heterocycles. The maximum Gasteiger partial charge on any atom is 0.256 e. The quantitative estimate of drug-likeness (QED) is 0.373. The largest absolute Gasteiger partial charge is 0.323 e. The van der Waals surface area contributed by atoms with Crippen LogP contribution < -0.4 is 10.6 Å². The van der Waals surface area contributed by atoms with Crippen LogP contribution in [0.2, 0.25) is 5.02 Å². The van der Waals surface area contributed by atoms with Gasteiger partial charge in [0.2, 0.25) is 5.91 Å². The number of rotatable bonds is 6. The average Bonchev–Trinajstić information content (AvgIpc) is 2.99. The SMILES string of the molecule is Cc1cccc(NC(=O)c2ccc(CN3C(=O)c4ccc(Cl)cc4NC(=O)C3Cc3cccnc3)cc2)n1. The molecule has 0 fully saturated rings. The van der Waals surface area contributed by atoms with Crippen molar-refractivity contribution in [1.29, 1.82) is 0 Å². The predicted molar refractivity (Wildman–Crippen MR) is 145 cm³/mol. The first-order chi connectivity index (χ1) is 18.4. The molecule has 9 heteroatoms. The van der Waals surface area contributed by atoms with Gasteiger partial charge in [-0.25, -0.2) is 4.98 Å². The molecule has 3 amide bonds. The van der Waals surface area contributed by atoms with Crippen LogP contribution in [0.25, 0.3) is 0 Å². The zero-order chi connectivity index (χ0) is 26.6. The Morgan fingerprint density at radius 1 is 1.03 bits per heavy atom. The summed E-state index contributed by atoms with van der Waals surface area (Å²) in [4.78, 5) is 49.8. The van der Waals surface area contributed by atoms with Crippen LogP contribution in [0.1, 0.15) is 37.5 Å². The van der Waals surface area contributed by atoms with Crippen LogP contribution in [0.3, 0.4) is 0 Å². The summed E-state index contributed by atoms with van der Waals surface area (Å²) < 4.78 is 0. The summed E-state index contributed by atoms with van der Waals surface area (Å²) in [5.41, 5.74) is 3.58. The van der Waals surface area contributed by atoms with Gasteiger partial charge in [0, 0.05) is 41.6 Å². The summed E-state index contributed by atoms with van der Waals surface area (Å²) in [6.45, 7) is 2.02. The number of halogens is 1. The van der Waals surface area contributed by atoms with E-state index in [0.717, 1.165) is 16.8 Å². The molecule has 8 nitrogen and oxygen atoms in total. The van der Waals surface area contributed by atoms with Crippen molar-refractivity contribution >= 4 is 40.8 Å². The molecule has 3 heterocycles. The van der Waals surface area contributed by atoms with E-state index in [2.05, 4.69) is 20.6 Å². The number of carbonyl (C=O) groups excluding carboxylic acids is 3. The van der Waals surface area contributed by atoms with E-state index in [1.54, 1.807) is 71.9 Å². The summed E-state index contributed by atoms with van der Waals surface area (Å²) in [5, 5.41) is 6.07. The number of carbonyl (C=O) groups is 3. The average molecular weight is 526 g/mol. The van der Waals surface area contributed by atoms with Gasteiger partial charge in [0.1, 0.15) is 11.9 Å². The van der Waals surface area contributed by atoms with Crippen LogP contribution >= 0.6 is 11.6 Å². The van der Waals surface area contributed by atoms with Gasteiger partial charge in [-0.2, -0.15) is 0 Å². The normalized spacial score (nSPS) is 14.9. The predicted octanol–water partition coefficient (Wildman–Crippen LogP) is 4.90. The molecule has 1 atom stereocenters. The van der Waals surface area contributed by atoms with Crippen molar-refractivity contribution in [1.82, 2.24) is 14.9 Å². The lowest BCUT2D eigenvalue weighted by Gasteiger charge is -2.29. The second-order valence-corrected chi connectivity index (χ2v) is 9.45. The molecular weight excluding hydrogens is 502 g/mol. The summed E-state index contributed by atoms with van der Waals surface area (Å²) in [7, 11) is 0. The number of aromatic nitrogens is 2. The maximum atomic E-state index is 13.7. The Bertz CT molecular complexity index is 1510. The van der Waals surface area contributed by atoms with E-state index in [4.69, 9.17) is 11.6 Å². The second kappa shape index (κ2) is 10.8. The maximum absolute atomic E-state index is 13.7. The van der Waals surface area contributed by atoms with Gasteiger partial charge >= 0.3 is 0 Å². The lowest BCUT2D eigenvalue weighted by atomic mass is 10.0. The minimum atomic E-state index is -0.784. The molecule has 0 bridgehead atoms. The van der Waals surface area contributed by atoms with Crippen molar-refractivity contribution in [2.45, 2.75) is 25.9 Å². The monoisotopic (exact) mass is 525 g/mol. The molecule has 1 aliphatic heterocycles. The molecule has 190 valence electrons. The van der Waals surface area contributed by atoms with E-state index in [1.165, 1.54) is 0 Å². The number of pyridine rings is 2. The first-order valence-electron chi connectivity index (χ1n) is 12.0. The Labute approximate surface area is 224 Å². The van der Waals surface area contributed by atoms with Crippen molar-refractivity contribution in [2.75, 3.05) is 10.6 Å². The molecule has 1 unspecified atom stereocenters. The fraction of sp³-hybridized carbons (Fsp3) is 0.138. The van der Waals surface area contributed by atoms with Crippen LogP contribution in [0.4, 0.5) is 11.5 Å². The fourth-order valence-corrected chi connectivity index (χ4v) is 4.52. The van der Waals surface area contributed by atoms with Gasteiger partial charge in [0.15, 0.2) is 0 Å². The third-order valence-electron chi connectivity index (χ3n) is 6.26. The summed E-state index contributed by atoms with van der Waals surface area (Å²) >= 11 is 6.14. The molecule has 38 heavy (non-hydrogen) atoms. The Kier molecular flexibility index (Phi) is 7.15. The van der Waals surface area contributed by atoms with Crippen LogP contribution in [-0.4, -0.2) is 38.6 Å². The van der Waals surface area contributed by atoms with Crippen molar-refractivity contribution in [3.8, 4) is 0 Å². The molecule has 2 aromatic carbocycles. The minimum absolute atomic E-state index is 0.167. The van der Waals surface area contributed by atoms with Crippen molar-refractivity contribution in [3.63, 3.8) is 0 Å². The third-order valence-corrected chi connectivity index (χ3v) is 6.50. The number of amides is 3. The fourth-order valence-electron chi connectivity index (χ4n) is 4.35. The molecule has 0 aliphatic carbocycles. The highest BCUT2D eigenvalue weighted by atomic mass is 35.5. The summed E-state index contributed by atoms with van der Waals surface area (Å²) in [6.07, 6.45) is 3.63. The lowest BCUT2D eigenvalue weighted by Crippen LogP contribution is -2.46. The number of anilines is 2. The minimum Gasteiger partial charge on any atom is -0.323 e. The van der Waals surface area contributed by atoms with E-state index >= 15 is 0 Å². The van der Waals surface area contributed by atoms with Crippen molar-refractivity contribution < 1.29 is 14.4 Å². The van der Waals surface area contributed by atoms with E-state index in [-0.39, 0.29) is 30.7 Å². The molecule has 2 aromatic heterocycles. The van der Waals surface area contributed by atoms with Gasteiger partial charge in [-0.1, -0.05) is 35.9 Å². The number of hydrogen-bond donors (Lipinski definition) is 2. The van der Waals surface area contributed by atoms with Crippen LogP contribution in [0.15, 0.2) is 85.2 Å². The van der Waals surface area contributed by atoms with Crippen LogP contribution in [-0.2, 0) is 17.8 Å². The van der Waals surface area contributed by atoms with Gasteiger partial charge in [-0.15, -0.1) is 0 Å². The zero-order valence-electron chi connectivity index (χ0n) is 20.5. The van der Waals surface area contributed by atoms with Crippen LogP contribution in [0, 0.1) is 6.92 Å². The Hall–Kier alpha value is -4.56. The number of aryl methyl sites for hydroxylation is 1. The molecular formula is C29H24ClN5O3. The smallest absolute Gasteiger partial charge is 0.256 e. The first kappa shape index (κ1) is 25.1. The number of fused-ring (bicyclic) bond motifs is 1. The van der Waals surface area contributed by atoms with Crippen LogP contribution in [0.5, 0.6) is 0 Å². The highest BCUT2D eigenvalue weighted by Crippen LogP contribution is 2.29.